The highest BCUT2D eigenvalue weighted by Crippen LogP contribution is 2.28. The molecule has 0 fully saturated rings. The molecule has 0 saturated carbocycles. The molecule has 0 aliphatic rings. The Morgan fingerprint density at radius 1 is 1.55 bits per heavy atom. The molecule has 2 N–H and O–H groups in total. The van der Waals surface area contributed by atoms with Crippen molar-refractivity contribution in [3.63, 3.8) is 0 Å². The molecule has 2 aromatic rings. The molecule has 0 radical (unpaired) electrons. The van der Waals surface area contributed by atoms with Crippen LogP contribution < -0.4 is 5.32 Å². The van der Waals surface area contributed by atoms with Crippen molar-refractivity contribution in [1.29, 1.82) is 0 Å². The lowest BCUT2D eigenvalue weighted by molar-refractivity contribution is -0.120. The number of benzene rings is 1. The molecule has 1 aromatic carbocycles. The molecule has 20 heavy (non-hydrogen) atoms. The summed E-state index contributed by atoms with van der Waals surface area (Å²) in [5.74, 6) is 0.144. The first-order chi connectivity index (χ1) is 9.72. The smallest absolute Gasteiger partial charge is 0.230 e. The highest BCUT2D eigenvalue weighted by Gasteiger charge is 2.12. The van der Waals surface area contributed by atoms with Crippen molar-refractivity contribution in [1.82, 2.24) is 10.3 Å². The number of aliphatic hydroxyl groups is 1. The molecule has 1 aromatic heterocycles. The van der Waals surface area contributed by atoms with E-state index < -0.39 is 0 Å². The minimum atomic E-state index is -0.358. The summed E-state index contributed by atoms with van der Waals surface area (Å²) in [5, 5.41) is 11.8. The third-order valence-electron chi connectivity index (χ3n) is 2.55. The fourth-order valence-corrected chi connectivity index (χ4v) is 3.53. The summed E-state index contributed by atoms with van der Waals surface area (Å²) in [6.45, 7) is 0.166. The first-order valence-electron chi connectivity index (χ1n) is 6.10. The number of carbonyl (C=O) groups excluding carboxylic acids is 1. The fraction of sp³-hybridized carbons (Fsp3) is 0.385. The predicted molar refractivity (Wildman–Crippen MR) is 81.2 cm³/mol. The highest BCUT2D eigenvalue weighted by atomic mass is 32.2. The molecule has 0 aliphatic carbocycles. The van der Waals surface area contributed by atoms with E-state index in [1.165, 1.54) is 18.9 Å². The number of thioether (sulfide) groups is 1. The topological polar surface area (TPSA) is 71.5 Å². The Labute approximate surface area is 125 Å². The average Bonchev–Trinajstić information content (AvgIpc) is 2.87. The SMILES string of the molecule is COCC(CO)NC(=O)CSc1nc2ccccc2s1. The van der Waals surface area contributed by atoms with Crippen molar-refractivity contribution in [3.8, 4) is 0 Å². The van der Waals surface area contributed by atoms with Gasteiger partial charge in [0.2, 0.25) is 5.91 Å². The standard InChI is InChI=1S/C13H16N2O3S2/c1-18-7-9(6-16)14-12(17)8-19-13-15-10-4-2-3-5-11(10)20-13/h2-5,9,16H,6-8H2,1H3,(H,14,17). The Kier molecular flexibility index (Phi) is 5.78. The first kappa shape index (κ1) is 15.2. The number of aliphatic hydroxyl groups excluding tert-OH is 1. The van der Waals surface area contributed by atoms with Gasteiger partial charge in [0.25, 0.3) is 0 Å². The average molecular weight is 312 g/mol. The second-order valence-electron chi connectivity index (χ2n) is 4.14. The van der Waals surface area contributed by atoms with Crippen LogP contribution in [-0.2, 0) is 9.53 Å². The van der Waals surface area contributed by atoms with Crippen LogP contribution in [0.1, 0.15) is 0 Å². The molecule has 108 valence electrons. The van der Waals surface area contributed by atoms with E-state index in [1.807, 2.05) is 24.3 Å². The Hall–Kier alpha value is -1.15. The van der Waals surface area contributed by atoms with Crippen LogP contribution in [0.2, 0.25) is 0 Å². The van der Waals surface area contributed by atoms with Gasteiger partial charge in [-0.15, -0.1) is 11.3 Å². The molecule has 1 heterocycles. The Balaban J connectivity index is 1.86. The van der Waals surface area contributed by atoms with Crippen LogP contribution in [0.25, 0.3) is 10.2 Å². The number of amides is 1. The molecule has 5 nitrogen and oxygen atoms in total. The van der Waals surface area contributed by atoms with Crippen LogP contribution in [0.4, 0.5) is 0 Å². The summed E-state index contributed by atoms with van der Waals surface area (Å²) < 4.78 is 6.89. The van der Waals surface area contributed by atoms with E-state index in [0.29, 0.717) is 6.61 Å². The number of ether oxygens (including phenoxy) is 1. The summed E-state index contributed by atoms with van der Waals surface area (Å²) >= 11 is 2.97. The van der Waals surface area contributed by atoms with Gasteiger partial charge >= 0.3 is 0 Å². The van der Waals surface area contributed by atoms with Gasteiger partial charge in [0, 0.05) is 7.11 Å². The van der Waals surface area contributed by atoms with Crippen LogP contribution in [0.15, 0.2) is 28.6 Å². The fourth-order valence-electron chi connectivity index (χ4n) is 1.65. The van der Waals surface area contributed by atoms with Gasteiger partial charge in [-0.2, -0.15) is 0 Å². The molecule has 0 bridgehead atoms. The van der Waals surface area contributed by atoms with Crippen molar-refractivity contribution in [2.75, 3.05) is 26.1 Å². The summed E-state index contributed by atoms with van der Waals surface area (Å²) in [4.78, 5) is 16.2. The summed E-state index contributed by atoms with van der Waals surface area (Å²) in [6.07, 6.45) is 0. The number of carbonyl (C=O) groups is 1. The number of nitrogens with zero attached hydrogens (tertiary/aromatic N) is 1. The van der Waals surface area contributed by atoms with Crippen molar-refractivity contribution in [2.45, 2.75) is 10.4 Å². The molecule has 1 atom stereocenters. The van der Waals surface area contributed by atoms with E-state index in [2.05, 4.69) is 10.3 Å². The summed E-state index contributed by atoms with van der Waals surface area (Å²) in [6, 6.07) is 7.52. The van der Waals surface area contributed by atoms with E-state index >= 15 is 0 Å². The number of nitrogens with one attached hydrogen (secondary N) is 1. The lowest BCUT2D eigenvalue weighted by Crippen LogP contribution is -2.41. The second kappa shape index (κ2) is 7.58. The lowest BCUT2D eigenvalue weighted by atomic mass is 10.3. The van der Waals surface area contributed by atoms with Gasteiger partial charge in [0.15, 0.2) is 4.34 Å². The van der Waals surface area contributed by atoms with E-state index in [-0.39, 0.29) is 24.3 Å². The Morgan fingerprint density at radius 3 is 3.05 bits per heavy atom. The maximum atomic E-state index is 11.8. The molecule has 0 aliphatic heterocycles. The van der Waals surface area contributed by atoms with Gasteiger partial charge in [-0.1, -0.05) is 23.9 Å². The van der Waals surface area contributed by atoms with Crippen molar-refractivity contribution in [2.24, 2.45) is 0 Å². The molecular weight excluding hydrogens is 296 g/mol. The quantitative estimate of drug-likeness (QED) is 0.758. The van der Waals surface area contributed by atoms with Gasteiger partial charge in [0.05, 0.1) is 35.2 Å². The van der Waals surface area contributed by atoms with Crippen LogP contribution in [-0.4, -0.2) is 48.1 Å². The number of hydrogen-bond donors (Lipinski definition) is 2. The number of methoxy groups -OCH3 is 1. The molecule has 7 heteroatoms. The number of hydrogen-bond acceptors (Lipinski definition) is 6. The van der Waals surface area contributed by atoms with Crippen LogP contribution in [0.3, 0.4) is 0 Å². The molecule has 1 amide bonds. The third kappa shape index (κ3) is 4.17. The third-order valence-corrected chi connectivity index (χ3v) is 4.73. The minimum Gasteiger partial charge on any atom is -0.394 e. The summed E-state index contributed by atoms with van der Waals surface area (Å²) in [7, 11) is 1.53. The zero-order valence-electron chi connectivity index (χ0n) is 11.0. The zero-order valence-corrected chi connectivity index (χ0v) is 12.7. The van der Waals surface area contributed by atoms with Crippen LogP contribution in [0.5, 0.6) is 0 Å². The van der Waals surface area contributed by atoms with E-state index in [1.54, 1.807) is 11.3 Å². The number of rotatable bonds is 7. The lowest BCUT2D eigenvalue weighted by Gasteiger charge is -2.14. The molecule has 1 unspecified atom stereocenters. The number of fused-ring (bicyclic) bond motifs is 1. The monoisotopic (exact) mass is 312 g/mol. The van der Waals surface area contributed by atoms with Gasteiger partial charge in [-0.3, -0.25) is 4.79 Å². The maximum Gasteiger partial charge on any atom is 0.230 e. The maximum absolute atomic E-state index is 11.8. The number of para-hydroxylation sites is 1. The van der Waals surface area contributed by atoms with Gasteiger partial charge in [-0.25, -0.2) is 4.98 Å². The van der Waals surface area contributed by atoms with Crippen LogP contribution in [0, 0.1) is 0 Å². The Morgan fingerprint density at radius 2 is 2.35 bits per heavy atom. The van der Waals surface area contributed by atoms with E-state index in [4.69, 9.17) is 9.84 Å². The minimum absolute atomic E-state index is 0.134. The van der Waals surface area contributed by atoms with Gasteiger partial charge in [-0.05, 0) is 12.1 Å². The zero-order chi connectivity index (χ0) is 14.4. The highest BCUT2D eigenvalue weighted by molar-refractivity contribution is 8.01. The van der Waals surface area contributed by atoms with E-state index in [9.17, 15) is 4.79 Å². The molecule has 2 rings (SSSR count). The number of aromatic nitrogens is 1. The molecule has 0 saturated heterocycles. The second-order valence-corrected chi connectivity index (χ2v) is 6.39. The molecular formula is C13H16N2O3S2. The molecule has 0 spiro atoms. The van der Waals surface area contributed by atoms with E-state index in [0.717, 1.165) is 14.6 Å². The Bertz CT molecular complexity index is 540. The van der Waals surface area contributed by atoms with Crippen molar-refractivity contribution >= 4 is 39.2 Å². The largest absolute Gasteiger partial charge is 0.394 e. The van der Waals surface area contributed by atoms with Crippen molar-refractivity contribution < 1.29 is 14.6 Å². The van der Waals surface area contributed by atoms with Gasteiger partial charge in [0.1, 0.15) is 0 Å². The normalized spacial score (nSPS) is 12.5. The van der Waals surface area contributed by atoms with Crippen molar-refractivity contribution in [3.05, 3.63) is 24.3 Å². The first-order valence-corrected chi connectivity index (χ1v) is 7.90. The predicted octanol–water partition coefficient (Wildman–Crippen LogP) is 1.51. The summed E-state index contributed by atoms with van der Waals surface area (Å²) in [5.41, 5.74) is 0.952. The van der Waals surface area contributed by atoms with Gasteiger partial charge < -0.3 is 15.2 Å². The van der Waals surface area contributed by atoms with Crippen LogP contribution >= 0.6 is 23.1 Å². The number of thiazole rings is 1.